The fourth-order valence-electron chi connectivity index (χ4n) is 3.10. The zero-order valence-corrected chi connectivity index (χ0v) is 13.2. The van der Waals surface area contributed by atoms with E-state index in [-0.39, 0.29) is 5.56 Å². The monoisotopic (exact) mass is 311 g/mol. The largest absolute Gasteiger partial charge is 0.478 e. The number of carboxylic acid groups (broad SMARTS) is 1. The molecule has 0 amide bonds. The first-order valence-electron chi connectivity index (χ1n) is 8.01. The first-order valence-corrected chi connectivity index (χ1v) is 8.01. The fraction of sp³-hybridized carbons (Fsp3) is 0.389. The van der Waals surface area contributed by atoms with Gasteiger partial charge in [-0.1, -0.05) is 18.2 Å². The van der Waals surface area contributed by atoms with Crippen LogP contribution < -0.4 is 5.32 Å². The molecule has 2 heterocycles. The Morgan fingerprint density at radius 2 is 2.00 bits per heavy atom. The predicted molar refractivity (Wildman–Crippen MR) is 88.5 cm³/mol. The quantitative estimate of drug-likeness (QED) is 0.908. The minimum Gasteiger partial charge on any atom is -0.478 e. The van der Waals surface area contributed by atoms with Crippen molar-refractivity contribution < 1.29 is 9.90 Å². The lowest BCUT2D eigenvalue weighted by Gasteiger charge is -2.22. The van der Waals surface area contributed by atoms with Crippen LogP contribution in [0.25, 0.3) is 11.3 Å². The van der Waals surface area contributed by atoms with Crippen LogP contribution in [0, 0.1) is 12.8 Å². The number of nitrogens with zero attached hydrogens (tertiary/aromatic N) is 2. The number of carbonyl (C=O) groups is 1. The van der Waals surface area contributed by atoms with Crippen molar-refractivity contribution in [3.05, 3.63) is 47.4 Å². The van der Waals surface area contributed by atoms with Crippen LogP contribution in [0.1, 0.15) is 34.7 Å². The highest BCUT2D eigenvalue weighted by Gasteiger charge is 2.17. The van der Waals surface area contributed by atoms with E-state index in [1.807, 2.05) is 19.1 Å². The Hall–Kier alpha value is -2.27. The van der Waals surface area contributed by atoms with E-state index in [1.165, 1.54) is 0 Å². The lowest BCUT2D eigenvalue weighted by atomic mass is 9.94. The van der Waals surface area contributed by atoms with Crippen LogP contribution in [0.15, 0.2) is 30.3 Å². The van der Waals surface area contributed by atoms with Crippen LogP contribution in [0.5, 0.6) is 0 Å². The number of nitrogens with one attached hydrogen (secondary N) is 1. The van der Waals surface area contributed by atoms with Crippen molar-refractivity contribution in [1.29, 1.82) is 0 Å². The summed E-state index contributed by atoms with van der Waals surface area (Å²) < 4.78 is 0. The van der Waals surface area contributed by atoms with Crippen molar-refractivity contribution in [2.24, 2.45) is 5.92 Å². The third-order valence-corrected chi connectivity index (χ3v) is 4.26. The Bertz CT molecular complexity index is 709. The molecule has 0 bridgehead atoms. The number of aromatic carboxylic acids is 1. The van der Waals surface area contributed by atoms with Gasteiger partial charge in [0.25, 0.3) is 0 Å². The average Bonchev–Trinajstić information content (AvgIpc) is 2.55. The second kappa shape index (κ2) is 6.87. The first-order chi connectivity index (χ1) is 11.1. The molecule has 2 N–H and O–H groups in total. The molecule has 1 aliphatic heterocycles. The number of hydrogen-bond donors (Lipinski definition) is 2. The maximum atomic E-state index is 11.4. The summed E-state index contributed by atoms with van der Waals surface area (Å²) in [5, 5.41) is 12.7. The van der Waals surface area contributed by atoms with E-state index in [0.29, 0.717) is 17.2 Å². The molecule has 3 rings (SSSR count). The fourth-order valence-corrected chi connectivity index (χ4v) is 3.10. The van der Waals surface area contributed by atoms with E-state index in [9.17, 15) is 9.90 Å². The number of hydrogen-bond acceptors (Lipinski definition) is 4. The molecule has 0 radical (unpaired) electrons. The SMILES string of the molecule is Cc1cc(-c2ccccc2C(=O)O)nc(CC2CCNCC2)n1. The van der Waals surface area contributed by atoms with Gasteiger partial charge in [0, 0.05) is 17.7 Å². The van der Waals surface area contributed by atoms with Gasteiger partial charge in [-0.15, -0.1) is 0 Å². The van der Waals surface area contributed by atoms with Gasteiger partial charge in [-0.05, 0) is 50.9 Å². The first kappa shape index (κ1) is 15.6. The molecule has 0 aliphatic carbocycles. The molecule has 5 nitrogen and oxygen atoms in total. The molecule has 120 valence electrons. The van der Waals surface area contributed by atoms with Gasteiger partial charge in [0.15, 0.2) is 0 Å². The van der Waals surface area contributed by atoms with E-state index >= 15 is 0 Å². The molecule has 0 saturated carbocycles. The summed E-state index contributed by atoms with van der Waals surface area (Å²) in [6.07, 6.45) is 3.13. The molecule has 1 aliphatic rings. The number of rotatable bonds is 4. The van der Waals surface area contributed by atoms with Crippen molar-refractivity contribution in [1.82, 2.24) is 15.3 Å². The minimum atomic E-state index is -0.934. The van der Waals surface area contributed by atoms with Gasteiger partial charge in [-0.2, -0.15) is 0 Å². The normalized spacial score (nSPS) is 15.5. The van der Waals surface area contributed by atoms with E-state index in [1.54, 1.807) is 18.2 Å². The topological polar surface area (TPSA) is 75.1 Å². The molecule has 1 aromatic carbocycles. The standard InChI is InChI=1S/C18H21N3O2/c1-12-10-16(14-4-2-3-5-15(14)18(22)23)21-17(20-12)11-13-6-8-19-9-7-13/h2-5,10,13,19H,6-9,11H2,1H3,(H,22,23). The van der Waals surface area contributed by atoms with Crippen LogP contribution in [-0.2, 0) is 6.42 Å². The summed E-state index contributed by atoms with van der Waals surface area (Å²) in [4.78, 5) is 20.6. The van der Waals surface area contributed by atoms with E-state index < -0.39 is 5.97 Å². The summed E-state index contributed by atoms with van der Waals surface area (Å²) in [6.45, 7) is 4.02. The van der Waals surface area contributed by atoms with E-state index in [2.05, 4.69) is 15.3 Å². The highest BCUT2D eigenvalue weighted by molar-refractivity contribution is 5.95. The van der Waals surface area contributed by atoms with Gasteiger partial charge < -0.3 is 10.4 Å². The van der Waals surface area contributed by atoms with E-state index in [0.717, 1.165) is 43.9 Å². The number of carboxylic acids is 1. The van der Waals surface area contributed by atoms with Gasteiger partial charge >= 0.3 is 5.97 Å². The molecule has 1 saturated heterocycles. The average molecular weight is 311 g/mol. The van der Waals surface area contributed by atoms with Gasteiger partial charge in [0.05, 0.1) is 11.3 Å². The van der Waals surface area contributed by atoms with Crippen molar-refractivity contribution in [2.75, 3.05) is 13.1 Å². The Morgan fingerprint density at radius 1 is 1.26 bits per heavy atom. The summed E-state index contributed by atoms with van der Waals surface area (Å²) in [5.41, 5.74) is 2.49. The molecule has 0 atom stereocenters. The molecule has 0 spiro atoms. The smallest absolute Gasteiger partial charge is 0.336 e. The lowest BCUT2D eigenvalue weighted by molar-refractivity contribution is 0.0697. The van der Waals surface area contributed by atoms with Gasteiger partial charge in [0.1, 0.15) is 5.82 Å². The summed E-state index contributed by atoms with van der Waals surface area (Å²) >= 11 is 0. The third-order valence-electron chi connectivity index (χ3n) is 4.26. The zero-order chi connectivity index (χ0) is 16.2. The van der Waals surface area contributed by atoms with Crippen LogP contribution in [-0.4, -0.2) is 34.1 Å². The number of aromatic nitrogens is 2. The van der Waals surface area contributed by atoms with Crippen molar-refractivity contribution in [3.8, 4) is 11.3 Å². The second-order valence-corrected chi connectivity index (χ2v) is 6.06. The second-order valence-electron chi connectivity index (χ2n) is 6.06. The third kappa shape index (κ3) is 3.74. The van der Waals surface area contributed by atoms with Crippen LogP contribution in [0.2, 0.25) is 0 Å². The summed E-state index contributed by atoms with van der Waals surface area (Å²) in [6, 6.07) is 8.84. The lowest BCUT2D eigenvalue weighted by Crippen LogP contribution is -2.29. The molecular weight excluding hydrogens is 290 g/mol. The Morgan fingerprint density at radius 3 is 2.74 bits per heavy atom. The van der Waals surface area contributed by atoms with E-state index in [4.69, 9.17) is 0 Å². The van der Waals surface area contributed by atoms with Crippen molar-refractivity contribution >= 4 is 5.97 Å². The molecule has 0 unspecified atom stereocenters. The highest BCUT2D eigenvalue weighted by Crippen LogP contribution is 2.24. The number of benzene rings is 1. The number of aryl methyl sites for hydroxylation is 1. The molecular formula is C18H21N3O2. The van der Waals surface area contributed by atoms with Crippen molar-refractivity contribution in [2.45, 2.75) is 26.2 Å². The van der Waals surface area contributed by atoms with Crippen LogP contribution in [0.4, 0.5) is 0 Å². The molecule has 1 fully saturated rings. The Balaban J connectivity index is 1.93. The minimum absolute atomic E-state index is 0.276. The number of piperidine rings is 1. The van der Waals surface area contributed by atoms with Gasteiger partial charge in [-0.25, -0.2) is 14.8 Å². The van der Waals surface area contributed by atoms with Gasteiger partial charge in [-0.3, -0.25) is 0 Å². The zero-order valence-electron chi connectivity index (χ0n) is 13.2. The van der Waals surface area contributed by atoms with Crippen LogP contribution in [0.3, 0.4) is 0 Å². The maximum absolute atomic E-state index is 11.4. The Kier molecular flexibility index (Phi) is 4.67. The van der Waals surface area contributed by atoms with Crippen molar-refractivity contribution in [3.63, 3.8) is 0 Å². The molecule has 1 aromatic heterocycles. The van der Waals surface area contributed by atoms with Gasteiger partial charge in [0.2, 0.25) is 0 Å². The summed E-state index contributed by atoms with van der Waals surface area (Å²) in [7, 11) is 0. The molecule has 23 heavy (non-hydrogen) atoms. The summed E-state index contributed by atoms with van der Waals surface area (Å²) in [5.74, 6) is 0.476. The maximum Gasteiger partial charge on any atom is 0.336 e. The molecule has 5 heteroatoms. The highest BCUT2D eigenvalue weighted by atomic mass is 16.4. The predicted octanol–water partition coefficient (Wildman–Crippen LogP) is 2.69. The molecule has 2 aromatic rings. The van der Waals surface area contributed by atoms with Crippen LogP contribution >= 0.6 is 0 Å². The Labute approximate surface area is 135 Å².